The van der Waals surface area contributed by atoms with Gasteiger partial charge in [-0.05, 0) is 24.7 Å². The number of hydrogen-bond donors (Lipinski definition) is 1. The van der Waals surface area contributed by atoms with E-state index in [0.717, 1.165) is 18.9 Å². The zero-order valence-corrected chi connectivity index (χ0v) is 10.5. The third-order valence-corrected chi connectivity index (χ3v) is 3.90. The highest BCUT2D eigenvalue weighted by Crippen LogP contribution is 2.44. The predicted molar refractivity (Wildman–Crippen MR) is 66.1 cm³/mol. The maximum Gasteiger partial charge on any atom is 0.122 e. The van der Waals surface area contributed by atoms with E-state index in [0.29, 0.717) is 5.41 Å². The first-order valence-electron chi connectivity index (χ1n) is 6.43. The SMILES string of the molecule is CCCC1(CNCc2nccn2C)CCC1. The van der Waals surface area contributed by atoms with Crippen LogP contribution in [0.3, 0.4) is 0 Å². The monoisotopic (exact) mass is 221 g/mol. The van der Waals surface area contributed by atoms with Gasteiger partial charge in [-0.1, -0.05) is 19.8 Å². The predicted octanol–water partition coefficient (Wildman–Crippen LogP) is 2.48. The molecule has 0 atom stereocenters. The van der Waals surface area contributed by atoms with E-state index in [9.17, 15) is 0 Å². The van der Waals surface area contributed by atoms with Crippen molar-refractivity contribution in [2.24, 2.45) is 12.5 Å². The molecule has 90 valence electrons. The number of nitrogens with zero attached hydrogens (tertiary/aromatic N) is 2. The van der Waals surface area contributed by atoms with Crippen molar-refractivity contribution in [2.45, 2.75) is 45.6 Å². The topological polar surface area (TPSA) is 29.9 Å². The summed E-state index contributed by atoms with van der Waals surface area (Å²) < 4.78 is 2.08. The van der Waals surface area contributed by atoms with Crippen molar-refractivity contribution in [1.82, 2.24) is 14.9 Å². The Morgan fingerprint density at radius 2 is 2.31 bits per heavy atom. The summed E-state index contributed by atoms with van der Waals surface area (Å²) in [4.78, 5) is 4.33. The second-order valence-electron chi connectivity index (χ2n) is 5.16. The Morgan fingerprint density at radius 1 is 1.50 bits per heavy atom. The van der Waals surface area contributed by atoms with Crippen LogP contribution in [-0.2, 0) is 13.6 Å². The number of nitrogens with one attached hydrogen (secondary N) is 1. The zero-order valence-electron chi connectivity index (χ0n) is 10.5. The molecule has 0 amide bonds. The fourth-order valence-corrected chi connectivity index (χ4v) is 2.73. The van der Waals surface area contributed by atoms with E-state index in [4.69, 9.17) is 0 Å². The van der Waals surface area contributed by atoms with Crippen LogP contribution in [0, 0.1) is 5.41 Å². The second-order valence-corrected chi connectivity index (χ2v) is 5.16. The van der Waals surface area contributed by atoms with E-state index in [1.807, 2.05) is 12.4 Å². The summed E-state index contributed by atoms with van der Waals surface area (Å²) in [7, 11) is 2.05. The number of aromatic nitrogens is 2. The molecule has 0 radical (unpaired) electrons. The van der Waals surface area contributed by atoms with E-state index in [1.54, 1.807) is 0 Å². The molecule has 1 aliphatic rings. The standard InChI is InChI=1S/C13H23N3/c1-3-5-13(6-4-7-13)11-14-10-12-15-8-9-16(12)2/h8-9,14H,3-7,10-11H2,1-2H3. The molecule has 1 N–H and O–H groups in total. The molecule has 0 saturated heterocycles. The van der Waals surface area contributed by atoms with Gasteiger partial charge in [-0.2, -0.15) is 0 Å². The third kappa shape index (κ3) is 2.46. The average molecular weight is 221 g/mol. The summed E-state index contributed by atoms with van der Waals surface area (Å²) in [6.45, 7) is 4.35. The van der Waals surface area contributed by atoms with Crippen LogP contribution >= 0.6 is 0 Å². The molecule has 1 aromatic rings. The Kier molecular flexibility index (Phi) is 3.64. The van der Waals surface area contributed by atoms with Gasteiger partial charge in [0.25, 0.3) is 0 Å². The maximum absolute atomic E-state index is 4.33. The van der Waals surface area contributed by atoms with Gasteiger partial charge in [0.1, 0.15) is 5.82 Å². The average Bonchev–Trinajstić information content (AvgIpc) is 2.61. The highest BCUT2D eigenvalue weighted by molar-refractivity contribution is 4.93. The van der Waals surface area contributed by atoms with Crippen LogP contribution < -0.4 is 5.32 Å². The Balaban J connectivity index is 1.77. The Hall–Kier alpha value is -0.830. The third-order valence-electron chi connectivity index (χ3n) is 3.90. The van der Waals surface area contributed by atoms with Gasteiger partial charge in [0, 0.05) is 26.0 Å². The minimum atomic E-state index is 0.611. The van der Waals surface area contributed by atoms with Gasteiger partial charge < -0.3 is 9.88 Å². The minimum absolute atomic E-state index is 0.611. The molecule has 1 aliphatic carbocycles. The molecular weight excluding hydrogens is 198 g/mol. The first kappa shape index (κ1) is 11.6. The summed E-state index contributed by atoms with van der Waals surface area (Å²) >= 11 is 0. The molecule has 0 aliphatic heterocycles. The van der Waals surface area contributed by atoms with Crippen LogP contribution in [0.2, 0.25) is 0 Å². The van der Waals surface area contributed by atoms with Crippen molar-refractivity contribution in [3.8, 4) is 0 Å². The Labute approximate surface area is 98.3 Å². The highest BCUT2D eigenvalue weighted by atomic mass is 15.1. The summed E-state index contributed by atoms with van der Waals surface area (Å²) in [6, 6.07) is 0. The molecule has 1 fully saturated rings. The summed E-state index contributed by atoms with van der Waals surface area (Å²) in [5.74, 6) is 1.13. The van der Waals surface area contributed by atoms with Crippen molar-refractivity contribution in [2.75, 3.05) is 6.54 Å². The highest BCUT2D eigenvalue weighted by Gasteiger charge is 2.35. The fourth-order valence-electron chi connectivity index (χ4n) is 2.73. The molecule has 1 aromatic heterocycles. The van der Waals surface area contributed by atoms with Crippen LogP contribution in [0.1, 0.15) is 44.9 Å². The molecule has 1 heterocycles. The first-order chi connectivity index (χ1) is 7.76. The lowest BCUT2D eigenvalue weighted by molar-refractivity contribution is 0.115. The van der Waals surface area contributed by atoms with Gasteiger partial charge in [-0.25, -0.2) is 4.98 Å². The molecule has 0 aromatic carbocycles. The van der Waals surface area contributed by atoms with E-state index in [2.05, 4.69) is 28.8 Å². The largest absolute Gasteiger partial charge is 0.337 e. The van der Waals surface area contributed by atoms with Gasteiger partial charge in [-0.3, -0.25) is 0 Å². The lowest BCUT2D eigenvalue weighted by atomic mass is 9.66. The van der Waals surface area contributed by atoms with E-state index < -0.39 is 0 Å². The van der Waals surface area contributed by atoms with Crippen LogP contribution in [0.15, 0.2) is 12.4 Å². The van der Waals surface area contributed by atoms with Crippen LogP contribution in [0.25, 0.3) is 0 Å². The number of hydrogen-bond acceptors (Lipinski definition) is 2. The number of imidazole rings is 1. The van der Waals surface area contributed by atoms with Crippen molar-refractivity contribution < 1.29 is 0 Å². The zero-order chi connectivity index (χ0) is 11.4. The van der Waals surface area contributed by atoms with Gasteiger partial charge in [0.2, 0.25) is 0 Å². The quantitative estimate of drug-likeness (QED) is 0.800. The maximum atomic E-state index is 4.33. The molecule has 0 bridgehead atoms. The second kappa shape index (κ2) is 5.00. The van der Waals surface area contributed by atoms with Crippen molar-refractivity contribution >= 4 is 0 Å². The Morgan fingerprint density at radius 3 is 2.81 bits per heavy atom. The normalized spacial score (nSPS) is 18.4. The summed E-state index contributed by atoms with van der Waals surface area (Å²) in [5, 5.41) is 3.57. The van der Waals surface area contributed by atoms with Gasteiger partial charge >= 0.3 is 0 Å². The molecule has 0 unspecified atom stereocenters. The minimum Gasteiger partial charge on any atom is -0.337 e. The van der Waals surface area contributed by atoms with E-state index >= 15 is 0 Å². The van der Waals surface area contributed by atoms with Gasteiger partial charge in [0.15, 0.2) is 0 Å². The summed E-state index contributed by atoms with van der Waals surface area (Å²) in [6.07, 6.45) is 10.8. The van der Waals surface area contributed by atoms with Gasteiger partial charge in [-0.15, -0.1) is 0 Å². The van der Waals surface area contributed by atoms with E-state index in [-0.39, 0.29) is 0 Å². The molecule has 3 heteroatoms. The molecule has 3 nitrogen and oxygen atoms in total. The molecule has 2 rings (SSSR count). The molecule has 0 spiro atoms. The van der Waals surface area contributed by atoms with Gasteiger partial charge in [0.05, 0.1) is 6.54 Å². The smallest absolute Gasteiger partial charge is 0.122 e. The van der Waals surface area contributed by atoms with Crippen molar-refractivity contribution in [3.63, 3.8) is 0 Å². The number of rotatable bonds is 6. The number of aryl methyl sites for hydroxylation is 1. The fraction of sp³-hybridized carbons (Fsp3) is 0.769. The van der Waals surface area contributed by atoms with Crippen molar-refractivity contribution in [3.05, 3.63) is 18.2 Å². The van der Waals surface area contributed by atoms with Crippen LogP contribution in [0.4, 0.5) is 0 Å². The summed E-state index contributed by atoms with van der Waals surface area (Å²) in [5.41, 5.74) is 0.611. The Bertz CT molecular complexity index is 326. The lowest BCUT2D eigenvalue weighted by Gasteiger charge is -2.42. The molecular formula is C13H23N3. The van der Waals surface area contributed by atoms with Crippen molar-refractivity contribution in [1.29, 1.82) is 0 Å². The molecule has 16 heavy (non-hydrogen) atoms. The lowest BCUT2D eigenvalue weighted by Crippen LogP contribution is -2.39. The molecule has 1 saturated carbocycles. The van der Waals surface area contributed by atoms with E-state index in [1.165, 1.54) is 32.1 Å². The first-order valence-corrected chi connectivity index (χ1v) is 6.43. The van der Waals surface area contributed by atoms with Crippen LogP contribution in [0.5, 0.6) is 0 Å². The van der Waals surface area contributed by atoms with Crippen LogP contribution in [-0.4, -0.2) is 16.1 Å².